The van der Waals surface area contributed by atoms with E-state index in [0.29, 0.717) is 11.3 Å². The van der Waals surface area contributed by atoms with Crippen LogP contribution in [0.1, 0.15) is 5.56 Å². The normalized spacial score (nSPS) is 20.6. The highest BCUT2D eigenvalue weighted by Gasteiger charge is 2.28. The molecular formula is C10H14N4O7P+. The molecule has 12 heteroatoms. The number of rotatable bonds is 6. The van der Waals surface area contributed by atoms with E-state index in [0.717, 1.165) is 0 Å². The van der Waals surface area contributed by atoms with Gasteiger partial charge in [-0.25, -0.2) is 0 Å². The average Bonchev–Trinajstić information content (AvgIpc) is 2.48. The molecule has 0 bridgehead atoms. The molecule has 1 heterocycles. The summed E-state index contributed by atoms with van der Waals surface area (Å²) in [4.78, 5) is 10.3. The molecule has 1 aromatic carbocycles. The van der Waals surface area contributed by atoms with E-state index in [1.807, 2.05) is 0 Å². The fourth-order valence-corrected chi connectivity index (χ4v) is 2.12. The van der Waals surface area contributed by atoms with Gasteiger partial charge in [0.05, 0.1) is 30.0 Å². The van der Waals surface area contributed by atoms with Gasteiger partial charge >= 0.3 is 8.25 Å². The number of hydroxylamine groups is 1. The first-order chi connectivity index (χ1) is 10.4. The quantitative estimate of drug-likeness (QED) is 0.280. The Kier molecular flexibility index (Phi) is 5.19. The van der Waals surface area contributed by atoms with Crippen molar-refractivity contribution in [2.24, 2.45) is 0 Å². The molecule has 1 aliphatic rings. The van der Waals surface area contributed by atoms with Crippen LogP contribution in [-0.2, 0) is 20.3 Å². The summed E-state index contributed by atoms with van der Waals surface area (Å²) in [6, 6.07) is 2.48. The Labute approximate surface area is 125 Å². The maximum atomic E-state index is 11.0. The smallest absolute Gasteiger partial charge is 0.369 e. The predicted molar refractivity (Wildman–Crippen MR) is 74.9 cm³/mol. The number of hydrogen-bond acceptors (Lipinski definition) is 10. The first kappa shape index (κ1) is 16.5. The summed E-state index contributed by atoms with van der Waals surface area (Å²) in [6.45, 7) is -0.0497. The van der Waals surface area contributed by atoms with Crippen LogP contribution in [0.4, 0.5) is 17.1 Å². The summed E-state index contributed by atoms with van der Waals surface area (Å²) in [5.74, 6) is 0. The lowest BCUT2D eigenvalue weighted by Crippen LogP contribution is -2.43. The Morgan fingerprint density at radius 3 is 2.73 bits per heavy atom. The Balaban J connectivity index is 2.26. The first-order valence-corrected chi connectivity index (χ1v) is 7.13. The van der Waals surface area contributed by atoms with Crippen LogP contribution in [0.3, 0.4) is 0 Å². The monoisotopic (exact) mass is 333 g/mol. The van der Waals surface area contributed by atoms with Crippen LogP contribution in [-0.4, -0.2) is 34.7 Å². The second kappa shape index (κ2) is 6.92. The van der Waals surface area contributed by atoms with E-state index >= 15 is 0 Å². The molecule has 3 atom stereocenters. The van der Waals surface area contributed by atoms with Gasteiger partial charge in [-0.2, -0.15) is 0 Å². The molecule has 0 fully saturated rings. The number of nitrogens with one attached hydrogen (secondary N) is 3. The van der Waals surface area contributed by atoms with Crippen molar-refractivity contribution in [1.82, 2.24) is 5.48 Å². The van der Waals surface area contributed by atoms with Gasteiger partial charge in [-0.1, -0.05) is 0 Å². The summed E-state index contributed by atoms with van der Waals surface area (Å²) in [6.07, 6.45) is -2.60. The molecule has 11 nitrogen and oxygen atoms in total. The van der Waals surface area contributed by atoms with Crippen molar-refractivity contribution in [2.45, 2.75) is 19.0 Å². The first-order valence-electron chi connectivity index (χ1n) is 6.04. The van der Waals surface area contributed by atoms with E-state index in [9.17, 15) is 24.9 Å². The van der Waals surface area contributed by atoms with Crippen molar-refractivity contribution >= 4 is 25.3 Å². The van der Waals surface area contributed by atoms with Gasteiger partial charge in [0.1, 0.15) is 0 Å². The molecule has 0 radical (unpaired) electrons. The summed E-state index contributed by atoms with van der Waals surface area (Å²) < 4.78 is 20.0. The van der Waals surface area contributed by atoms with Crippen molar-refractivity contribution in [3.05, 3.63) is 27.8 Å². The third kappa shape index (κ3) is 3.65. The van der Waals surface area contributed by atoms with Gasteiger partial charge in [0.15, 0.2) is 12.5 Å². The standard InChI is InChI=1S/C10H14N4O7P/c1-20-22(19)21-11-4-5-2-6(14(17)18)3-7-8(5)13-10(16)9(15)12-7/h2-3,9-13,15-16H,4H2,1H3/q+1. The van der Waals surface area contributed by atoms with Gasteiger partial charge in [0, 0.05) is 22.3 Å². The van der Waals surface area contributed by atoms with E-state index in [1.165, 1.54) is 19.2 Å². The number of aliphatic hydroxyl groups is 2. The van der Waals surface area contributed by atoms with Crippen molar-refractivity contribution in [2.75, 3.05) is 17.7 Å². The van der Waals surface area contributed by atoms with Gasteiger partial charge in [0.25, 0.3) is 5.69 Å². The molecule has 22 heavy (non-hydrogen) atoms. The van der Waals surface area contributed by atoms with E-state index in [4.69, 9.17) is 0 Å². The van der Waals surface area contributed by atoms with Gasteiger partial charge in [0.2, 0.25) is 0 Å². The molecule has 0 amide bonds. The minimum atomic E-state index is -2.34. The van der Waals surface area contributed by atoms with Crippen molar-refractivity contribution < 1.29 is 28.8 Å². The highest BCUT2D eigenvalue weighted by molar-refractivity contribution is 7.33. The fourth-order valence-electron chi connectivity index (χ4n) is 1.88. The SMILES string of the molecule is CO[P+](=O)ONCc1cc([N+](=O)[O-])cc2c1NC(O)C(O)N2. The summed E-state index contributed by atoms with van der Waals surface area (Å²) in [7, 11) is -1.15. The van der Waals surface area contributed by atoms with Crippen molar-refractivity contribution in [3.63, 3.8) is 0 Å². The Morgan fingerprint density at radius 1 is 1.41 bits per heavy atom. The highest BCUT2D eigenvalue weighted by Crippen LogP contribution is 2.35. The van der Waals surface area contributed by atoms with E-state index in [1.54, 1.807) is 0 Å². The summed E-state index contributed by atoms with van der Waals surface area (Å²) in [5.41, 5.74) is 3.10. The number of benzene rings is 1. The second-order valence-corrected chi connectivity index (χ2v) is 5.28. The number of nitro benzene ring substituents is 1. The van der Waals surface area contributed by atoms with Gasteiger partial charge in [-0.3, -0.25) is 10.1 Å². The Morgan fingerprint density at radius 2 is 2.09 bits per heavy atom. The number of nitro groups is 1. The minimum Gasteiger partial charge on any atom is -0.369 e. The molecule has 1 aliphatic heterocycles. The Bertz CT molecular complexity index is 599. The maximum Gasteiger partial charge on any atom is 0.716 e. The van der Waals surface area contributed by atoms with Crippen molar-refractivity contribution in [1.29, 1.82) is 0 Å². The van der Waals surface area contributed by atoms with Gasteiger partial charge < -0.3 is 20.8 Å². The molecule has 5 N–H and O–H groups in total. The number of hydrogen-bond donors (Lipinski definition) is 5. The van der Waals surface area contributed by atoms with Crippen molar-refractivity contribution in [3.8, 4) is 0 Å². The minimum absolute atomic E-state index is 0.0497. The highest BCUT2D eigenvalue weighted by atomic mass is 31.1. The molecule has 2 rings (SSSR count). The number of anilines is 2. The van der Waals surface area contributed by atoms with Crippen LogP contribution in [0, 0.1) is 10.1 Å². The zero-order valence-corrected chi connectivity index (χ0v) is 12.2. The number of aliphatic hydroxyl groups excluding tert-OH is 2. The summed E-state index contributed by atoms with van der Waals surface area (Å²) >= 11 is 0. The molecule has 0 spiro atoms. The van der Waals surface area contributed by atoms with Crippen LogP contribution in [0.5, 0.6) is 0 Å². The zero-order valence-electron chi connectivity index (χ0n) is 11.3. The average molecular weight is 333 g/mol. The zero-order chi connectivity index (χ0) is 16.3. The molecule has 0 aromatic heterocycles. The number of non-ortho nitro benzene ring substituents is 1. The maximum absolute atomic E-state index is 11.0. The van der Waals surface area contributed by atoms with E-state index < -0.39 is 25.6 Å². The van der Waals surface area contributed by atoms with Gasteiger partial charge in [-0.05, 0) is 4.62 Å². The third-order valence-corrected chi connectivity index (χ3v) is 3.44. The molecule has 0 aliphatic carbocycles. The van der Waals surface area contributed by atoms with E-state index in [2.05, 4.69) is 25.3 Å². The molecule has 120 valence electrons. The van der Waals surface area contributed by atoms with E-state index in [-0.39, 0.29) is 17.9 Å². The third-order valence-electron chi connectivity index (χ3n) is 2.86. The number of fused-ring (bicyclic) bond motifs is 1. The van der Waals surface area contributed by atoms with Crippen LogP contribution in [0.25, 0.3) is 0 Å². The number of nitrogens with zero attached hydrogens (tertiary/aromatic N) is 1. The predicted octanol–water partition coefficient (Wildman–Crippen LogP) is 0.394. The molecule has 3 unspecified atom stereocenters. The molecular weight excluding hydrogens is 319 g/mol. The Hall–Kier alpha value is -1.88. The van der Waals surface area contributed by atoms with Crippen LogP contribution in [0.2, 0.25) is 0 Å². The molecule has 0 saturated heterocycles. The lowest BCUT2D eigenvalue weighted by atomic mass is 10.1. The molecule has 1 aromatic rings. The van der Waals surface area contributed by atoms with Crippen LogP contribution < -0.4 is 16.1 Å². The second-order valence-electron chi connectivity index (χ2n) is 4.28. The van der Waals surface area contributed by atoms with Crippen LogP contribution in [0.15, 0.2) is 12.1 Å². The van der Waals surface area contributed by atoms with Crippen LogP contribution >= 0.6 is 8.25 Å². The topological polar surface area (TPSA) is 155 Å². The lowest BCUT2D eigenvalue weighted by Gasteiger charge is -2.30. The lowest BCUT2D eigenvalue weighted by molar-refractivity contribution is -0.384. The summed E-state index contributed by atoms with van der Waals surface area (Å²) in [5, 5.41) is 35.2. The van der Waals surface area contributed by atoms with Gasteiger partial charge in [-0.15, -0.1) is 10.0 Å². The largest absolute Gasteiger partial charge is 0.716 e. The fraction of sp³-hybridized carbons (Fsp3) is 0.400. The molecule has 0 saturated carbocycles.